The summed E-state index contributed by atoms with van der Waals surface area (Å²) in [5.41, 5.74) is 0.553. The summed E-state index contributed by atoms with van der Waals surface area (Å²) in [6.45, 7) is 5.80. The van der Waals surface area contributed by atoms with Crippen LogP contribution in [0.25, 0.3) is 0 Å². The summed E-state index contributed by atoms with van der Waals surface area (Å²) in [6.07, 6.45) is -3.70. The van der Waals surface area contributed by atoms with Gasteiger partial charge in [0.1, 0.15) is 0 Å². The zero-order valence-corrected chi connectivity index (χ0v) is 20.6. The molecule has 16 heteroatoms. The molecule has 3 fully saturated rings. The number of carboxylic acid groups (broad SMARTS) is 3. The highest BCUT2D eigenvalue weighted by atomic mass is 19.4. The lowest BCUT2D eigenvalue weighted by atomic mass is 9.75. The first-order valence-corrected chi connectivity index (χ1v) is 11.8. The fourth-order valence-corrected chi connectivity index (χ4v) is 4.93. The lowest BCUT2D eigenvalue weighted by Gasteiger charge is -2.31. The first kappa shape index (κ1) is 32.2. The predicted molar refractivity (Wildman–Crippen MR) is 120 cm³/mol. The third-order valence-electron chi connectivity index (χ3n) is 6.75. The molecular formula is C23H29F6N3O7. The zero-order chi connectivity index (χ0) is 29.4. The van der Waals surface area contributed by atoms with Gasteiger partial charge >= 0.3 is 30.3 Å². The van der Waals surface area contributed by atoms with E-state index in [1.807, 2.05) is 12.3 Å². The minimum absolute atomic E-state index is 0.185. The molecule has 4 rings (SSSR count). The van der Waals surface area contributed by atoms with Gasteiger partial charge in [0.15, 0.2) is 0 Å². The van der Waals surface area contributed by atoms with E-state index in [0.717, 1.165) is 64.2 Å². The number of pyridine rings is 1. The van der Waals surface area contributed by atoms with Gasteiger partial charge in [-0.15, -0.1) is 0 Å². The van der Waals surface area contributed by atoms with E-state index in [1.165, 1.54) is 0 Å². The molecule has 4 heterocycles. The van der Waals surface area contributed by atoms with Crippen LogP contribution in [0.15, 0.2) is 24.5 Å². The number of rotatable bonds is 4. The summed E-state index contributed by atoms with van der Waals surface area (Å²) >= 11 is 0. The molecule has 0 bridgehead atoms. The van der Waals surface area contributed by atoms with Crippen LogP contribution in [0.3, 0.4) is 0 Å². The van der Waals surface area contributed by atoms with E-state index in [-0.39, 0.29) is 5.92 Å². The van der Waals surface area contributed by atoms with Gasteiger partial charge in [-0.2, -0.15) is 26.3 Å². The third kappa shape index (κ3) is 9.32. The van der Waals surface area contributed by atoms with Crippen LogP contribution in [-0.2, 0) is 25.7 Å². The van der Waals surface area contributed by atoms with Crippen LogP contribution in [0.5, 0.6) is 0 Å². The minimum Gasteiger partial charge on any atom is -0.481 e. The Kier molecular flexibility index (Phi) is 11.1. The van der Waals surface area contributed by atoms with E-state index >= 15 is 0 Å². The molecule has 3 N–H and O–H groups in total. The Morgan fingerprint density at radius 3 is 2.13 bits per heavy atom. The molecule has 3 aliphatic rings. The van der Waals surface area contributed by atoms with Crippen molar-refractivity contribution in [3.05, 3.63) is 30.1 Å². The molecule has 1 aromatic heterocycles. The van der Waals surface area contributed by atoms with Gasteiger partial charge in [-0.25, -0.2) is 9.59 Å². The highest BCUT2D eigenvalue weighted by Crippen LogP contribution is 2.44. The Labute approximate surface area is 219 Å². The summed E-state index contributed by atoms with van der Waals surface area (Å²) in [5.74, 6) is -5.94. The number of aromatic nitrogens is 1. The molecule has 10 nitrogen and oxygen atoms in total. The molecule has 3 saturated heterocycles. The Morgan fingerprint density at radius 2 is 1.67 bits per heavy atom. The lowest BCUT2D eigenvalue weighted by molar-refractivity contribution is -0.193. The fourth-order valence-electron chi connectivity index (χ4n) is 4.93. The Morgan fingerprint density at radius 1 is 1.05 bits per heavy atom. The van der Waals surface area contributed by atoms with Crippen LogP contribution in [0.2, 0.25) is 0 Å². The summed E-state index contributed by atoms with van der Waals surface area (Å²) in [5, 5.41) is 24.3. The molecule has 1 unspecified atom stereocenters. The molecule has 1 aromatic rings. The molecule has 0 radical (unpaired) electrons. The molecule has 3 atom stereocenters. The van der Waals surface area contributed by atoms with Gasteiger partial charge in [0.25, 0.3) is 0 Å². The molecule has 0 aromatic carbocycles. The second-order valence-corrected chi connectivity index (χ2v) is 9.41. The van der Waals surface area contributed by atoms with Crippen molar-refractivity contribution in [2.24, 2.45) is 11.3 Å². The highest BCUT2D eigenvalue weighted by molar-refractivity contribution is 5.76. The van der Waals surface area contributed by atoms with Crippen molar-refractivity contribution in [3.8, 4) is 0 Å². The number of carbonyl (C=O) groups is 3. The minimum atomic E-state index is -5.08. The number of aliphatic carboxylic acids is 3. The molecule has 39 heavy (non-hydrogen) atoms. The maximum atomic E-state index is 12.3. The first-order valence-electron chi connectivity index (χ1n) is 11.8. The van der Waals surface area contributed by atoms with Crippen LogP contribution >= 0.6 is 0 Å². The maximum absolute atomic E-state index is 12.3. The maximum Gasteiger partial charge on any atom is 0.490 e. The molecule has 0 aliphatic carbocycles. The van der Waals surface area contributed by atoms with Gasteiger partial charge in [0, 0.05) is 57.1 Å². The number of hydrogen-bond acceptors (Lipinski definition) is 7. The molecular weight excluding hydrogens is 544 g/mol. The Balaban J connectivity index is 0.000000317. The zero-order valence-electron chi connectivity index (χ0n) is 20.6. The van der Waals surface area contributed by atoms with E-state index in [0.29, 0.717) is 12.6 Å². The normalized spacial score (nSPS) is 25.8. The molecule has 0 amide bonds. The second kappa shape index (κ2) is 13.4. The van der Waals surface area contributed by atoms with E-state index < -0.39 is 35.7 Å². The summed E-state index contributed by atoms with van der Waals surface area (Å²) in [7, 11) is 0. The summed E-state index contributed by atoms with van der Waals surface area (Å²) in [4.78, 5) is 39.0. The highest BCUT2D eigenvalue weighted by Gasteiger charge is 2.53. The lowest BCUT2D eigenvalue weighted by Crippen LogP contribution is -2.44. The number of halogens is 6. The first-order chi connectivity index (χ1) is 18.1. The number of carboxylic acids is 3. The largest absolute Gasteiger partial charge is 0.490 e. The van der Waals surface area contributed by atoms with Crippen molar-refractivity contribution < 1.29 is 60.8 Å². The third-order valence-corrected chi connectivity index (χ3v) is 6.75. The summed E-state index contributed by atoms with van der Waals surface area (Å²) in [6, 6.07) is 4.48. The van der Waals surface area contributed by atoms with Crippen molar-refractivity contribution in [2.45, 2.75) is 44.2 Å². The van der Waals surface area contributed by atoms with Gasteiger partial charge in [-0.05, 0) is 37.4 Å². The topological polar surface area (TPSA) is 140 Å². The van der Waals surface area contributed by atoms with Crippen LogP contribution in [0.4, 0.5) is 26.3 Å². The smallest absolute Gasteiger partial charge is 0.481 e. The van der Waals surface area contributed by atoms with Crippen molar-refractivity contribution in [1.82, 2.24) is 14.8 Å². The fraction of sp³-hybridized carbons (Fsp3) is 0.652. The molecule has 0 spiro atoms. The average Bonchev–Trinajstić information content (AvgIpc) is 3.44. The van der Waals surface area contributed by atoms with E-state index in [1.54, 1.807) is 6.20 Å². The Bertz CT molecular complexity index is 949. The van der Waals surface area contributed by atoms with E-state index in [2.05, 4.69) is 20.9 Å². The van der Waals surface area contributed by atoms with Gasteiger partial charge in [-0.3, -0.25) is 19.6 Å². The molecule has 3 aliphatic heterocycles. The predicted octanol–water partition coefficient (Wildman–Crippen LogP) is 2.74. The van der Waals surface area contributed by atoms with Crippen LogP contribution in [0, 0.1) is 11.3 Å². The van der Waals surface area contributed by atoms with Crippen LogP contribution in [-0.4, -0.2) is 106 Å². The van der Waals surface area contributed by atoms with Gasteiger partial charge < -0.3 is 20.1 Å². The van der Waals surface area contributed by atoms with Crippen molar-refractivity contribution in [3.63, 3.8) is 0 Å². The van der Waals surface area contributed by atoms with Gasteiger partial charge in [-0.1, -0.05) is 6.07 Å². The van der Waals surface area contributed by atoms with E-state index in [4.69, 9.17) is 24.5 Å². The van der Waals surface area contributed by atoms with Crippen LogP contribution < -0.4 is 0 Å². The van der Waals surface area contributed by atoms with Crippen molar-refractivity contribution in [1.29, 1.82) is 0 Å². The molecule has 0 saturated carbocycles. The number of fused-ring (bicyclic) bond motifs is 1. The van der Waals surface area contributed by atoms with Crippen molar-refractivity contribution in [2.75, 3.05) is 39.4 Å². The van der Waals surface area contributed by atoms with Gasteiger partial charge in [0.05, 0.1) is 12.0 Å². The number of alkyl halides is 6. The number of nitrogens with zero attached hydrogens (tertiary/aromatic N) is 3. The molecule has 220 valence electrons. The second-order valence-electron chi connectivity index (χ2n) is 9.41. The Hall–Kier alpha value is -2.98. The number of ether oxygens (including phenoxy) is 1. The summed E-state index contributed by atoms with van der Waals surface area (Å²) < 4.78 is 69.0. The van der Waals surface area contributed by atoms with Crippen LogP contribution in [0.1, 0.15) is 24.8 Å². The number of likely N-dealkylation sites (tertiary alicyclic amines) is 2. The number of hydrogen-bond donors (Lipinski definition) is 3. The quantitative estimate of drug-likeness (QED) is 0.461. The SMILES string of the molecule is O=C(O)C(F)(F)F.O=C(O)C(F)(F)F.O=C(O)[C@]12CCCN(C3CCOC3)C[C@H]1CN(Cc1cccnc1)C2. The average molecular weight is 573 g/mol. The standard InChI is InChI=1S/C19H27N3O3.2C2HF3O2/c23-18(24)19-5-2-7-22(17-4-8-25-13-17)12-16(19)11-21(14-19)10-15-3-1-6-20-9-15;2*3-2(4,5)1(6)7/h1,3,6,9,16-17H,2,4-5,7-8,10-14H2,(H,23,24);2*(H,6,7)/t16-,17?,19+;;/m1../s1. The van der Waals surface area contributed by atoms with E-state index in [9.17, 15) is 36.2 Å². The monoisotopic (exact) mass is 573 g/mol. The van der Waals surface area contributed by atoms with Gasteiger partial charge in [0.2, 0.25) is 0 Å². The van der Waals surface area contributed by atoms with Crippen molar-refractivity contribution >= 4 is 17.9 Å².